The molecule has 0 radical (unpaired) electrons. The Balaban J connectivity index is 1.47. The zero-order valence-corrected chi connectivity index (χ0v) is 18.4. The van der Waals surface area contributed by atoms with Crippen molar-refractivity contribution < 1.29 is 41.8 Å². The lowest BCUT2D eigenvalue weighted by atomic mass is 10.00. The fraction of sp³-hybridized carbons (Fsp3) is 0.333. The molecule has 2 saturated heterocycles. The second-order valence-electron chi connectivity index (χ2n) is 8.09. The number of imide groups is 1. The number of aliphatic hydroxyl groups excluding tert-OH is 1. The molecule has 35 heavy (non-hydrogen) atoms. The Kier molecular flexibility index (Phi) is 5.48. The Morgan fingerprint density at radius 2 is 2.03 bits per heavy atom. The third kappa shape index (κ3) is 3.90. The molecular weight excluding hydrogens is 497 g/mol. The first-order valence-corrected chi connectivity index (χ1v) is 10.7. The van der Waals surface area contributed by atoms with Crippen LogP contribution in [0.5, 0.6) is 0 Å². The standard InChI is InChI=1S/C21H16ClF3N4O6/c22-17-16(19(32)27-3-1-13(14(30)7-27)29-15(31)9-35-20(29)33)26-18-12(21(23,24)25)5-11(6-28(17)18)10-2-4-34-8-10/h2,4-6,8,13-14,30H,1,3,7,9H2/t13-,14-/m1/s1. The van der Waals surface area contributed by atoms with Crippen LogP contribution >= 0.6 is 11.6 Å². The number of piperidine rings is 1. The van der Waals surface area contributed by atoms with E-state index in [1.165, 1.54) is 24.8 Å². The number of likely N-dealkylation sites (tertiary alicyclic amines) is 1. The van der Waals surface area contributed by atoms with E-state index in [1.54, 1.807) is 0 Å². The Morgan fingerprint density at radius 1 is 1.26 bits per heavy atom. The third-order valence-corrected chi connectivity index (χ3v) is 6.34. The highest BCUT2D eigenvalue weighted by Gasteiger charge is 2.44. The summed E-state index contributed by atoms with van der Waals surface area (Å²) in [7, 11) is 0. The summed E-state index contributed by atoms with van der Waals surface area (Å²) >= 11 is 6.32. The average molecular weight is 513 g/mol. The number of pyridine rings is 1. The number of imidazole rings is 1. The molecule has 14 heteroatoms. The molecule has 5 rings (SSSR count). The highest BCUT2D eigenvalue weighted by Crippen LogP contribution is 2.37. The molecule has 5 heterocycles. The number of hydrogen-bond donors (Lipinski definition) is 1. The maximum atomic E-state index is 13.8. The number of carbonyl (C=O) groups excluding carboxylic acids is 3. The van der Waals surface area contributed by atoms with E-state index < -0.39 is 59.7 Å². The molecule has 0 spiro atoms. The van der Waals surface area contributed by atoms with Crippen molar-refractivity contribution in [1.82, 2.24) is 19.2 Å². The van der Waals surface area contributed by atoms with Crippen LogP contribution in [-0.4, -0.2) is 74.0 Å². The Hall–Kier alpha value is -3.58. The minimum absolute atomic E-state index is 0.00574. The lowest BCUT2D eigenvalue weighted by Crippen LogP contribution is -2.56. The summed E-state index contributed by atoms with van der Waals surface area (Å²) in [5.74, 6) is -1.40. The molecular formula is C21H16ClF3N4O6. The van der Waals surface area contributed by atoms with Gasteiger partial charge in [-0.1, -0.05) is 11.6 Å². The molecule has 0 bridgehead atoms. The monoisotopic (exact) mass is 512 g/mol. The fourth-order valence-electron chi connectivity index (χ4n) is 4.29. The lowest BCUT2D eigenvalue weighted by molar-refractivity contribution is -0.136. The topological polar surface area (TPSA) is 118 Å². The number of β-amino-alcohol motifs (C(OH)–C–C–N with tert-alkyl or cyclic N) is 1. The van der Waals surface area contributed by atoms with Gasteiger partial charge in [0.15, 0.2) is 17.9 Å². The molecule has 3 aromatic heterocycles. The first-order chi connectivity index (χ1) is 16.6. The maximum Gasteiger partial charge on any atom is 0.420 e. The van der Waals surface area contributed by atoms with E-state index in [2.05, 4.69) is 9.72 Å². The molecule has 3 aromatic rings. The molecule has 1 N–H and O–H groups in total. The number of fused-ring (bicyclic) bond motifs is 1. The first-order valence-electron chi connectivity index (χ1n) is 10.3. The Morgan fingerprint density at radius 3 is 2.63 bits per heavy atom. The van der Waals surface area contributed by atoms with Crippen LogP contribution in [0.2, 0.25) is 5.15 Å². The van der Waals surface area contributed by atoms with E-state index in [0.29, 0.717) is 5.56 Å². The molecule has 0 aromatic carbocycles. The number of furan rings is 1. The van der Waals surface area contributed by atoms with E-state index in [4.69, 9.17) is 16.0 Å². The van der Waals surface area contributed by atoms with E-state index in [1.807, 2.05) is 0 Å². The zero-order valence-electron chi connectivity index (χ0n) is 17.7. The summed E-state index contributed by atoms with van der Waals surface area (Å²) in [6.07, 6.45) is -3.04. The van der Waals surface area contributed by atoms with Gasteiger partial charge >= 0.3 is 12.3 Å². The molecule has 3 amide bonds. The second kappa shape index (κ2) is 8.27. The third-order valence-electron chi connectivity index (χ3n) is 5.97. The van der Waals surface area contributed by atoms with Crippen molar-refractivity contribution in [3.05, 3.63) is 47.3 Å². The molecule has 0 unspecified atom stereocenters. The van der Waals surface area contributed by atoms with Gasteiger partial charge in [0.2, 0.25) is 0 Å². The van der Waals surface area contributed by atoms with Crippen LogP contribution in [0.4, 0.5) is 18.0 Å². The Bertz CT molecular complexity index is 1320. The van der Waals surface area contributed by atoms with E-state index in [0.717, 1.165) is 20.3 Å². The summed E-state index contributed by atoms with van der Waals surface area (Å²) < 4.78 is 52.1. The number of alkyl halides is 3. The van der Waals surface area contributed by atoms with Gasteiger partial charge in [0.25, 0.3) is 11.8 Å². The summed E-state index contributed by atoms with van der Waals surface area (Å²) in [6, 6.07) is 1.47. The lowest BCUT2D eigenvalue weighted by Gasteiger charge is -2.38. The number of ether oxygens (including phenoxy) is 1. The number of carbonyl (C=O) groups is 3. The van der Waals surface area contributed by atoms with Gasteiger partial charge in [-0.25, -0.2) is 14.7 Å². The molecule has 2 fully saturated rings. The van der Waals surface area contributed by atoms with Crippen LogP contribution in [-0.2, 0) is 15.7 Å². The largest absolute Gasteiger partial charge is 0.472 e. The van der Waals surface area contributed by atoms with Gasteiger partial charge in [-0.3, -0.25) is 14.0 Å². The number of aromatic nitrogens is 2. The maximum absolute atomic E-state index is 13.8. The van der Waals surface area contributed by atoms with Gasteiger partial charge in [-0.15, -0.1) is 0 Å². The van der Waals surface area contributed by atoms with Gasteiger partial charge in [0.05, 0.1) is 30.2 Å². The summed E-state index contributed by atoms with van der Waals surface area (Å²) in [6.45, 7) is -0.727. The van der Waals surface area contributed by atoms with Crippen molar-refractivity contribution in [3.63, 3.8) is 0 Å². The van der Waals surface area contributed by atoms with Crippen LogP contribution in [0.1, 0.15) is 22.5 Å². The van der Waals surface area contributed by atoms with Gasteiger partial charge in [-0.2, -0.15) is 13.2 Å². The number of cyclic esters (lactones) is 1. The van der Waals surface area contributed by atoms with Gasteiger partial charge < -0.3 is 19.2 Å². The van der Waals surface area contributed by atoms with Crippen LogP contribution in [0.3, 0.4) is 0 Å². The van der Waals surface area contributed by atoms with E-state index >= 15 is 0 Å². The molecule has 2 atom stereocenters. The molecule has 0 saturated carbocycles. The van der Waals surface area contributed by atoms with Gasteiger partial charge in [0, 0.05) is 30.4 Å². The fourth-order valence-corrected chi connectivity index (χ4v) is 4.54. The van der Waals surface area contributed by atoms with Crippen LogP contribution in [0.25, 0.3) is 16.8 Å². The van der Waals surface area contributed by atoms with Crippen molar-refractivity contribution in [1.29, 1.82) is 0 Å². The molecule has 184 valence electrons. The highest BCUT2D eigenvalue weighted by molar-refractivity contribution is 6.33. The van der Waals surface area contributed by atoms with Crippen molar-refractivity contribution in [2.24, 2.45) is 0 Å². The first kappa shape index (κ1) is 23.2. The van der Waals surface area contributed by atoms with Crippen LogP contribution in [0, 0.1) is 0 Å². The zero-order chi connectivity index (χ0) is 25.1. The van der Waals surface area contributed by atoms with Gasteiger partial charge in [-0.05, 0) is 18.6 Å². The number of aliphatic hydroxyl groups is 1. The number of amides is 3. The van der Waals surface area contributed by atoms with Crippen LogP contribution < -0.4 is 0 Å². The smallest absolute Gasteiger partial charge is 0.420 e. The van der Waals surface area contributed by atoms with Gasteiger partial charge in [0.1, 0.15) is 5.15 Å². The highest BCUT2D eigenvalue weighted by atomic mass is 35.5. The summed E-state index contributed by atoms with van der Waals surface area (Å²) in [5.41, 5.74) is -1.56. The van der Waals surface area contributed by atoms with Crippen LogP contribution in [0.15, 0.2) is 35.3 Å². The van der Waals surface area contributed by atoms with E-state index in [-0.39, 0.29) is 30.2 Å². The van der Waals surface area contributed by atoms with E-state index in [9.17, 15) is 32.7 Å². The predicted octanol–water partition coefficient (Wildman–Crippen LogP) is 2.82. The summed E-state index contributed by atoms with van der Waals surface area (Å²) in [5, 5.41) is 10.2. The average Bonchev–Trinajstić information content (AvgIpc) is 3.53. The minimum Gasteiger partial charge on any atom is -0.472 e. The Labute approximate surface area is 199 Å². The SMILES string of the molecule is O=C(c1nc2c(C(F)(F)F)cc(-c3ccoc3)cn2c1Cl)N1CC[C@@H](N2C(=O)COC2=O)[C@H](O)C1. The number of hydrogen-bond acceptors (Lipinski definition) is 7. The van der Waals surface area contributed by atoms with Crippen molar-refractivity contribution in [2.75, 3.05) is 19.7 Å². The number of nitrogens with zero attached hydrogens (tertiary/aromatic N) is 4. The molecule has 2 aliphatic heterocycles. The minimum atomic E-state index is -4.79. The summed E-state index contributed by atoms with van der Waals surface area (Å²) in [4.78, 5) is 42.7. The normalized spacial score (nSPS) is 21.2. The van der Waals surface area contributed by atoms with Crippen molar-refractivity contribution >= 4 is 35.2 Å². The molecule has 0 aliphatic carbocycles. The quantitative estimate of drug-likeness (QED) is 0.573. The van der Waals surface area contributed by atoms with Crippen molar-refractivity contribution in [2.45, 2.75) is 24.7 Å². The number of halogens is 4. The van der Waals surface area contributed by atoms with Crippen molar-refractivity contribution in [3.8, 4) is 11.1 Å². The molecule has 10 nitrogen and oxygen atoms in total. The predicted molar refractivity (Wildman–Crippen MR) is 111 cm³/mol. The number of rotatable bonds is 3. The molecule has 2 aliphatic rings. The second-order valence-corrected chi connectivity index (χ2v) is 8.45.